The molecule has 4 nitrogen and oxygen atoms in total. The van der Waals surface area contributed by atoms with E-state index in [2.05, 4.69) is 10.3 Å². The van der Waals surface area contributed by atoms with Crippen molar-refractivity contribution in [3.8, 4) is 0 Å². The Morgan fingerprint density at radius 1 is 1.30 bits per heavy atom. The fraction of sp³-hybridized carbons (Fsp3) is 0.0769. The topological polar surface area (TPSA) is 68.0 Å². The van der Waals surface area contributed by atoms with Crippen LogP contribution in [-0.4, -0.2) is 16.6 Å². The van der Waals surface area contributed by atoms with Crippen molar-refractivity contribution in [3.05, 3.63) is 48.3 Å². The molecule has 0 aliphatic rings. The van der Waals surface area contributed by atoms with Gasteiger partial charge in [-0.2, -0.15) is 0 Å². The summed E-state index contributed by atoms with van der Waals surface area (Å²) in [5.74, 6) is -2.16. The number of nitrogen functional groups attached to an aromatic ring is 1. The Bertz CT molecular complexity index is 617. The van der Waals surface area contributed by atoms with E-state index in [4.69, 9.17) is 5.73 Å². The van der Waals surface area contributed by atoms with Gasteiger partial charge in [-0.25, -0.2) is 8.78 Å². The number of carbonyl (C=O) groups is 1. The number of nitrogens with one attached hydrogen (secondary N) is 1. The van der Waals surface area contributed by atoms with Gasteiger partial charge in [-0.15, -0.1) is 11.8 Å². The number of hydrogen-bond acceptors (Lipinski definition) is 4. The van der Waals surface area contributed by atoms with Gasteiger partial charge in [-0.05, 0) is 18.2 Å². The van der Waals surface area contributed by atoms with Crippen molar-refractivity contribution in [1.82, 2.24) is 4.98 Å². The van der Waals surface area contributed by atoms with Crippen LogP contribution in [-0.2, 0) is 4.79 Å². The van der Waals surface area contributed by atoms with Gasteiger partial charge in [0.2, 0.25) is 5.91 Å². The number of thioether (sulfide) groups is 1. The monoisotopic (exact) mass is 295 g/mol. The molecule has 0 bridgehead atoms. The van der Waals surface area contributed by atoms with Crippen LogP contribution in [0.3, 0.4) is 0 Å². The third-order valence-electron chi connectivity index (χ3n) is 2.40. The van der Waals surface area contributed by atoms with Crippen molar-refractivity contribution < 1.29 is 13.6 Å². The van der Waals surface area contributed by atoms with Gasteiger partial charge in [0.25, 0.3) is 0 Å². The SMILES string of the molecule is Nc1cnccc1SCC(=O)Nc1c(F)cccc1F. The zero-order valence-corrected chi connectivity index (χ0v) is 11.1. The van der Waals surface area contributed by atoms with Crippen LogP contribution in [0.25, 0.3) is 0 Å². The average Bonchev–Trinajstić information content (AvgIpc) is 2.42. The second kappa shape index (κ2) is 6.33. The molecule has 0 spiro atoms. The van der Waals surface area contributed by atoms with Gasteiger partial charge in [-0.1, -0.05) is 6.07 Å². The fourth-order valence-corrected chi connectivity index (χ4v) is 2.20. The molecule has 0 radical (unpaired) electrons. The predicted molar refractivity (Wildman–Crippen MR) is 74.4 cm³/mol. The van der Waals surface area contributed by atoms with Crippen LogP contribution in [0.15, 0.2) is 41.6 Å². The molecule has 0 aliphatic heterocycles. The number of rotatable bonds is 4. The number of benzene rings is 1. The largest absolute Gasteiger partial charge is 0.397 e. The molecular formula is C13H11F2N3OS. The first-order chi connectivity index (χ1) is 9.58. The Hall–Kier alpha value is -2.15. The highest BCUT2D eigenvalue weighted by atomic mass is 32.2. The molecule has 0 saturated heterocycles. The van der Waals surface area contributed by atoms with E-state index < -0.39 is 23.2 Å². The summed E-state index contributed by atoms with van der Waals surface area (Å²) < 4.78 is 26.7. The summed E-state index contributed by atoms with van der Waals surface area (Å²) in [7, 11) is 0. The molecule has 0 unspecified atom stereocenters. The van der Waals surface area contributed by atoms with Crippen LogP contribution in [0.1, 0.15) is 0 Å². The summed E-state index contributed by atoms with van der Waals surface area (Å²) in [4.78, 5) is 16.2. The molecule has 2 rings (SSSR count). The number of nitrogens with zero attached hydrogens (tertiary/aromatic N) is 1. The Morgan fingerprint density at radius 3 is 2.65 bits per heavy atom. The summed E-state index contributed by atoms with van der Waals surface area (Å²) in [6.45, 7) is 0. The minimum absolute atomic E-state index is 0.0119. The predicted octanol–water partition coefficient (Wildman–Crippen LogP) is 2.67. The smallest absolute Gasteiger partial charge is 0.234 e. The Morgan fingerprint density at radius 2 is 2.00 bits per heavy atom. The first-order valence-electron chi connectivity index (χ1n) is 5.64. The lowest BCUT2D eigenvalue weighted by Gasteiger charge is -2.08. The van der Waals surface area contributed by atoms with Crippen LogP contribution in [0.4, 0.5) is 20.2 Å². The molecule has 2 aromatic rings. The highest BCUT2D eigenvalue weighted by Gasteiger charge is 2.12. The van der Waals surface area contributed by atoms with Crippen LogP contribution in [0, 0.1) is 11.6 Å². The van der Waals surface area contributed by atoms with Crippen molar-refractivity contribution in [2.75, 3.05) is 16.8 Å². The van der Waals surface area contributed by atoms with E-state index in [-0.39, 0.29) is 5.75 Å². The fourth-order valence-electron chi connectivity index (χ4n) is 1.46. The highest BCUT2D eigenvalue weighted by Crippen LogP contribution is 2.24. The minimum atomic E-state index is -0.813. The zero-order valence-electron chi connectivity index (χ0n) is 10.3. The van der Waals surface area contributed by atoms with Gasteiger partial charge >= 0.3 is 0 Å². The van der Waals surface area contributed by atoms with E-state index >= 15 is 0 Å². The van der Waals surface area contributed by atoms with E-state index in [0.29, 0.717) is 10.6 Å². The number of halogens is 2. The normalized spacial score (nSPS) is 10.3. The Labute approximate surface area is 118 Å². The maximum absolute atomic E-state index is 13.3. The van der Waals surface area contributed by atoms with Crippen LogP contribution >= 0.6 is 11.8 Å². The number of carbonyl (C=O) groups excluding carboxylic acids is 1. The lowest BCUT2D eigenvalue weighted by Crippen LogP contribution is -2.16. The Kier molecular flexibility index (Phi) is 4.52. The van der Waals surface area contributed by atoms with Gasteiger partial charge < -0.3 is 11.1 Å². The number of para-hydroxylation sites is 1. The van der Waals surface area contributed by atoms with Crippen LogP contribution in [0.5, 0.6) is 0 Å². The molecule has 0 saturated carbocycles. The number of amides is 1. The molecule has 20 heavy (non-hydrogen) atoms. The maximum Gasteiger partial charge on any atom is 0.234 e. The molecule has 3 N–H and O–H groups in total. The first-order valence-corrected chi connectivity index (χ1v) is 6.62. The lowest BCUT2D eigenvalue weighted by molar-refractivity contribution is -0.113. The lowest BCUT2D eigenvalue weighted by atomic mass is 10.3. The number of aromatic nitrogens is 1. The molecule has 0 atom stereocenters. The molecule has 1 amide bonds. The number of pyridine rings is 1. The van der Waals surface area contributed by atoms with Crippen molar-refractivity contribution in [2.45, 2.75) is 4.90 Å². The van der Waals surface area contributed by atoms with E-state index in [9.17, 15) is 13.6 Å². The quantitative estimate of drug-likeness (QED) is 0.851. The maximum atomic E-state index is 13.3. The third kappa shape index (κ3) is 3.45. The molecule has 1 heterocycles. The molecule has 0 aliphatic carbocycles. The molecular weight excluding hydrogens is 284 g/mol. The van der Waals surface area contributed by atoms with Crippen LogP contribution in [0.2, 0.25) is 0 Å². The van der Waals surface area contributed by atoms with E-state index in [1.54, 1.807) is 12.3 Å². The number of hydrogen-bond donors (Lipinski definition) is 2. The number of anilines is 2. The number of nitrogens with two attached hydrogens (primary N) is 1. The summed E-state index contributed by atoms with van der Waals surface area (Å²) in [6.07, 6.45) is 3.02. The second-order valence-corrected chi connectivity index (χ2v) is 4.86. The summed E-state index contributed by atoms with van der Waals surface area (Å²) >= 11 is 1.16. The second-order valence-electron chi connectivity index (χ2n) is 3.85. The standard InChI is InChI=1S/C13H11F2N3OS/c14-8-2-1-3-9(15)13(8)18-12(19)7-20-11-4-5-17-6-10(11)16/h1-6H,7,16H2,(H,18,19). The van der Waals surface area contributed by atoms with Crippen molar-refractivity contribution in [3.63, 3.8) is 0 Å². The van der Waals surface area contributed by atoms with Gasteiger partial charge in [0.1, 0.15) is 17.3 Å². The van der Waals surface area contributed by atoms with Gasteiger partial charge in [-0.3, -0.25) is 9.78 Å². The molecule has 104 valence electrons. The third-order valence-corrected chi connectivity index (χ3v) is 3.49. The van der Waals surface area contributed by atoms with Gasteiger partial charge in [0.15, 0.2) is 0 Å². The van der Waals surface area contributed by atoms with E-state index in [0.717, 1.165) is 23.9 Å². The highest BCUT2D eigenvalue weighted by molar-refractivity contribution is 8.00. The van der Waals surface area contributed by atoms with Crippen molar-refractivity contribution in [2.24, 2.45) is 0 Å². The minimum Gasteiger partial charge on any atom is -0.397 e. The molecule has 0 fully saturated rings. The molecule has 7 heteroatoms. The van der Waals surface area contributed by atoms with E-state index in [1.807, 2.05) is 0 Å². The summed E-state index contributed by atoms with van der Waals surface area (Å²) in [6, 6.07) is 5.04. The van der Waals surface area contributed by atoms with Crippen LogP contribution < -0.4 is 11.1 Å². The molecule has 1 aromatic carbocycles. The van der Waals surface area contributed by atoms with Crippen molar-refractivity contribution in [1.29, 1.82) is 0 Å². The van der Waals surface area contributed by atoms with Gasteiger partial charge in [0.05, 0.1) is 17.6 Å². The van der Waals surface area contributed by atoms with Gasteiger partial charge in [0, 0.05) is 11.1 Å². The zero-order chi connectivity index (χ0) is 14.5. The average molecular weight is 295 g/mol. The molecule has 1 aromatic heterocycles. The van der Waals surface area contributed by atoms with E-state index in [1.165, 1.54) is 12.3 Å². The summed E-state index contributed by atoms with van der Waals surface area (Å²) in [5.41, 5.74) is 5.68. The first kappa shape index (κ1) is 14.3. The van der Waals surface area contributed by atoms with Crippen molar-refractivity contribution >= 4 is 29.0 Å². The Balaban J connectivity index is 1.98. The summed E-state index contributed by atoms with van der Waals surface area (Å²) in [5, 5.41) is 2.20.